The van der Waals surface area contributed by atoms with Crippen LogP contribution in [-0.2, 0) is 9.53 Å². The first-order valence-corrected chi connectivity index (χ1v) is 9.29. The van der Waals surface area contributed by atoms with Crippen molar-refractivity contribution in [3.63, 3.8) is 0 Å². The highest BCUT2D eigenvalue weighted by molar-refractivity contribution is 6.30. The maximum atomic E-state index is 13.0. The van der Waals surface area contributed by atoms with E-state index >= 15 is 0 Å². The van der Waals surface area contributed by atoms with Crippen molar-refractivity contribution >= 4 is 29.1 Å². The van der Waals surface area contributed by atoms with Crippen LogP contribution >= 0.6 is 0 Å². The first kappa shape index (κ1) is 19.3. The molecule has 0 heterocycles. The Labute approximate surface area is 172 Å². The first-order valence-electron chi connectivity index (χ1n) is 9.29. The van der Waals surface area contributed by atoms with Gasteiger partial charge in [0, 0.05) is 35.0 Å². The van der Waals surface area contributed by atoms with Crippen LogP contribution in [0.1, 0.15) is 42.2 Å². The molecule has 3 aromatic rings. The van der Waals surface area contributed by atoms with E-state index in [0.29, 0.717) is 11.3 Å². The van der Waals surface area contributed by atoms with E-state index in [1.807, 2.05) is 6.07 Å². The van der Waals surface area contributed by atoms with Gasteiger partial charge in [-0.05, 0) is 18.2 Å². The molecule has 148 valence electrons. The van der Waals surface area contributed by atoms with Gasteiger partial charge in [-0.25, -0.2) is 4.79 Å². The molecule has 0 saturated heterocycles. The fourth-order valence-corrected chi connectivity index (χ4v) is 3.41. The molecule has 4 rings (SSSR count). The van der Waals surface area contributed by atoms with Crippen molar-refractivity contribution in [1.29, 1.82) is 0 Å². The zero-order valence-corrected chi connectivity index (χ0v) is 16.1. The molecule has 0 aliphatic heterocycles. The molecule has 0 atom stereocenters. The number of anilines is 1. The average molecular weight is 399 g/mol. The summed E-state index contributed by atoms with van der Waals surface area (Å²) in [6.07, 6.45) is 0. The number of fused-ring (bicyclic) bond motifs is 2. The van der Waals surface area contributed by atoms with Crippen molar-refractivity contribution in [1.82, 2.24) is 0 Å². The van der Waals surface area contributed by atoms with E-state index in [4.69, 9.17) is 4.74 Å². The number of nitrogens with zero attached hydrogens (tertiary/aromatic N) is 1. The smallest absolute Gasteiger partial charge is 0.339 e. The molecule has 1 aliphatic rings. The number of benzene rings is 3. The summed E-state index contributed by atoms with van der Waals surface area (Å²) in [5, 5.41) is 0. The molecule has 1 aliphatic carbocycles. The van der Waals surface area contributed by atoms with Gasteiger partial charge in [-0.15, -0.1) is 0 Å². The van der Waals surface area contributed by atoms with Crippen molar-refractivity contribution < 1.29 is 23.9 Å². The largest absolute Gasteiger partial charge is 0.452 e. The van der Waals surface area contributed by atoms with Crippen LogP contribution in [0.25, 0.3) is 0 Å². The maximum absolute atomic E-state index is 13.0. The monoisotopic (exact) mass is 399 g/mol. The molecule has 3 aromatic carbocycles. The van der Waals surface area contributed by atoms with Gasteiger partial charge in [-0.1, -0.05) is 54.6 Å². The molecule has 0 spiro atoms. The van der Waals surface area contributed by atoms with Crippen molar-refractivity contribution in [2.24, 2.45) is 0 Å². The fourth-order valence-electron chi connectivity index (χ4n) is 3.41. The van der Waals surface area contributed by atoms with Gasteiger partial charge in [0.25, 0.3) is 5.91 Å². The average Bonchev–Trinajstić information content (AvgIpc) is 2.80. The Kier molecular flexibility index (Phi) is 4.98. The second-order valence-electron chi connectivity index (χ2n) is 6.80. The zero-order chi connectivity index (χ0) is 21.3. The minimum absolute atomic E-state index is 0.00932. The molecule has 0 bridgehead atoms. The molecular formula is C24H17NO5. The summed E-state index contributed by atoms with van der Waals surface area (Å²) in [6, 6.07) is 19.9. The highest BCUT2D eigenvalue weighted by atomic mass is 16.5. The molecule has 0 radical (unpaired) electrons. The Morgan fingerprint density at radius 3 is 2.07 bits per heavy atom. The number of hydrogen-bond acceptors (Lipinski definition) is 5. The van der Waals surface area contributed by atoms with E-state index in [2.05, 4.69) is 0 Å². The van der Waals surface area contributed by atoms with E-state index in [1.54, 1.807) is 55.6 Å². The van der Waals surface area contributed by atoms with Gasteiger partial charge in [0.15, 0.2) is 18.2 Å². The number of hydrogen-bond donors (Lipinski definition) is 0. The van der Waals surface area contributed by atoms with Gasteiger partial charge >= 0.3 is 5.97 Å². The minimum atomic E-state index is -0.831. The standard InChI is InChI=1S/C24H17NO5/c1-25(15-8-3-2-4-9-15)20(26)14-30-24(29)19-13-7-12-18-21(19)23(28)17-11-6-5-10-16(17)22(18)27/h2-13H,14H2,1H3. The molecule has 0 aromatic heterocycles. The molecule has 6 heteroatoms. The van der Waals surface area contributed by atoms with Gasteiger partial charge in [0.2, 0.25) is 0 Å². The van der Waals surface area contributed by atoms with Crippen LogP contribution in [0.2, 0.25) is 0 Å². The molecule has 0 saturated carbocycles. The van der Waals surface area contributed by atoms with Crippen LogP contribution in [0.3, 0.4) is 0 Å². The van der Waals surface area contributed by atoms with Crippen molar-refractivity contribution in [2.75, 3.05) is 18.6 Å². The zero-order valence-electron chi connectivity index (χ0n) is 16.1. The SMILES string of the molecule is CN(C(=O)COC(=O)c1cccc2c1C(=O)c1ccccc1C2=O)c1ccccc1. The minimum Gasteiger partial charge on any atom is -0.452 e. The first-order chi connectivity index (χ1) is 14.5. The normalized spacial score (nSPS) is 12.0. The molecule has 0 unspecified atom stereocenters. The molecule has 0 fully saturated rings. The topological polar surface area (TPSA) is 80.8 Å². The Morgan fingerprint density at radius 2 is 1.37 bits per heavy atom. The molecule has 1 amide bonds. The van der Waals surface area contributed by atoms with Gasteiger partial charge in [-0.2, -0.15) is 0 Å². The summed E-state index contributed by atoms with van der Waals surface area (Å²) in [6.45, 7) is -0.493. The Bertz CT molecular complexity index is 1180. The molecule has 6 nitrogen and oxygen atoms in total. The number of carbonyl (C=O) groups is 4. The Balaban J connectivity index is 1.57. The number of ketones is 2. The lowest BCUT2D eigenvalue weighted by atomic mass is 9.82. The van der Waals surface area contributed by atoms with E-state index in [-0.39, 0.29) is 28.0 Å². The Hall–Kier alpha value is -4.06. The van der Waals surface area contributed by atoms with Gasteiger partial charge in [0.05, 0.1) is 5.56 Å². The highest BCUT2D eigenvalue weighted by Crippen LogP contribution is 2.29. The van der Waals surface area contributed by atoms with Crippen molar-refractivity contribution in [3.05, 3.63) is 101 Å². The number of esters is 1. The van der Waals surface area contributed by atoms with E-state index in [9.17, 15) is 19.2 Å². The lowest BCUT2D eigenvalue weighted by molar-refractivity contribution is -0.121. The fraction of sp³-hybridized carbons (Fsp3) is 0.0833. The number of carbonyl (C=O) groups excluding carboxylic acids is 4. The number of rotatable bonds is 4. The summed E-state index contributed by atoms with van der Waals surface area (Å²) in [5.41, 5.74) is 1.34. The number of likely N-dealkylation sites (N-methyl/N-ethyl adjacent to an activating group) is 1. The maximum Gasteiger partial charge on any atom is 0.339 e. The van der Waals surface area contributed by atoms with Crippen LogP contribution in [-0.4, -0.2) is 37.1 Å². The summed E-state index contributed by atoms with van der Waals surface area (Å²) < 4.78 is 5.18. The summed E-state index contributed by atoms with van der Waals surface area (Å²) in [7, 11) is 1.58. The number of para-hydroxylation sites is 1. The number of amides is 1. The second kappa shape index (κ2) is 7.75. The number of ether oxygens (including phenoxy) is 1. The van der Waals surface area contributed by atoms with Crippen LogP contribution in [0.4, 0.5) is 5.69 Å². The van der Waals surface area contributed by atoms with E-state index in [0.717, 1.165) is 0 Å². The van der Waals surface area contributed by atoms with Crippen LogP contribution in [0.15, 0.2) is 72.8 Å². The summed E-state index contributed by atoms with van der Waals surface area (Å²) in [5.74, 6) is -2.00. The lowest BCUT2D eigenvalue weighted by Gasteiger charge is -2.20. The predicted octanol–water partition coefficient (Wildman–Crippen LogP) is 3.28. The Morgan fingerprint density at radius 1 is 0.767 bits per heavy atom. The summed E-state index contributed by atoms with van der Waals surface area (Å²) in [4.78, 5) is 52.2. The highest BCUT2D eigenvalue weighted by Gasteiger charge is 2.33. The van der Waals surface area contributed by atoms with Gasteiger partial charge in [0.1, 0.15) is 0 Å². The summed E-state index contributed by atoms with van der Waals surface area (Å²) >= 11 is 0. The predicted molar refractivity (Wildman–Crippen MR) is 110 cm³/mol. The van der Waals surface area contributed by atoms with Crippen LogP contribution in [0.5, 0.6) is 0 Å². The van der Waals surface area contributed by atoms with Crippen LogP contribution < -0.4 is 4.90 Å². The van der Waals surface area contributed by atoms with Crippen molar-refractivity contribution in [3.8, 4) is 0 Å². The van der Waals surface area contributed by atoms with E-state index in [1.165, 1.54) is 23.1 Å². The van der Waals surface area contributed by atoms with Crippen LogP contribution in [0, 0.1) is 0 Å². The van der Waals surface area contributed by atoms with Gasteiger partial charge in [-0.3, -0.25) is 14.4 Å². The third-order valence-electron chi connectivity index (χ3n) is 5.02. The lowest BCUT2D eigenvalue weighted by Crippen LogP contribution is -2.31. The third kappa shape index (κ3) is 3.28. The van der Waals surface area contributed by atoms with Gasteiger partial charge < -0.3 is 9.64 Å². The molecular weight excluding hydrogens is 382 g/mol. The molecule has 0 N–H and O–H groups in total. The second-order valence-corrected chi connectivity index (χ2v) is 6.80. The molecule has 30 heavy (non-hydrogen) atoms. The third-order valence-corrected chi connectivity index (χ3v) is 5.02. The van der Waals surface area contributed by atoms with E-state index < -0.39 is 24.3 Å². The quantitative estimate of drug-likeness (QED) is 0.492. The van der Waals surface area contributed by atoms with Crippen molar-refractivity contribution in [2.45, 2.75) is 0 Å².